The van der Waals surface area contributed by atoms with Crippen LogP contribution in [0.3, 0.4) is 0 Å². The van der Waals surface area contributed by atoms with E-state index in [2.05, 4.69) is 29.3 Å². The number of nitrogens with zero attached hydrogens (tertiary/aromatic N) is 1. The highest BCUT2D eigenvalue weighted by Gasteiger charge is 2.35. The highest BCUT2D eigenvalue weighted by molar-refractivity contribution is 5.10. The Kier molecular flexibility index (Phi) is 3.53. The first-order chi connectivity index (χ1) is 8.36. The molecular formula is C15H26N2. The Morgan fingerprint density at radius 1 is 1.24 bits per heavy atom. The Bertz CT molecular complexity index is 283. The van der Waals surface area contributed by atoms with Crippen molar-refractivity contribution in [3.63, 3.8) is 0 Å². The summed E-state index contributed by atoms with van der Waals surface area (Å²) in [4.78, 5) is 2.63. The third-order valence-electron chi connectivity index (χ3n) is 4.87. The van der Waals surface area contributed by atoms with Gasteiger partial charge in [0.2, 0.25) is 0 Å². The Hall–Kier alpha value is -0.340. The minimum Gasteiger partial charge on any atom is -0.315 e. The third-order valence-corrected chi connectivity index (χ3v) is 4.87. The highest BCUT2D eigenvalue weighted by atomic mass is 15.2. The molecule has 0 spiro atoms. The lowest BCUT2D eigenvalue weighted by Crippen LogP contribution is -2.35. The summed E-state index contributed by atoms with van der Waals surface area (Å²) in [5, 5.41) is 3.68. The van der Waals surface area contributed by atoms with E-state index >= 15 is 0 Å². The van der Waals surface area contributed by atoms with E-state index in [0.717, 1.165) is 23.8 Å². The van der Waals surface area contributed by atoms with E-state index in [1.807, 2.05) is 0 Å². The van der Waals surface area contributed by atoms with Gasteiger partial charge >= 0.3 is 0 Å². The molecule has 3 aliphatic carbocycles. The maximum absolute atomic E-state index is 3.68. The van der Waals surface area contributed by atoms with Crippen LogP contribution in [0.2, 0.25) is 0 Å². The molecule has 0 heterocycles. The van der Waals surface area contributed by atoms with Crippen LogP contribution < -0.4 is 5.32 Å². The summed E-state index contributed by atoms with van der Waals surface area (Å²) in [5.41, 5.74) is 0. The lowest BCUT2D eigenvalue weighted by Gasteiger charge is -2.22. The van der Waals surface area contributed by atoms with Crippen molar-refractivity contribution >= 4 is 0 Å². The van der Waals surface area contributed by atoms with Crippen molar-refractivity contribution in [2.45, 2.75) is 38.6 Å². The van der Waals surface area contributed by atoms with E-state index in [0.29, 0.717) is 0 Å². The zero-order valence-electron chi connectivity index (χ0n) is 11.1. The minimum absolute atomic E-state index is 0.901. The van der Waals surface area contributed by atoms with Gasteiger partial charge in [0, 0.05) is 19.1 Å². The van der Waals surface area contributed by atoms with Gasteiger partial charge in [0.1, 0.15) is 0 Å². The van der Waals surface area contributed by atoms with Crippen molar-refractivity contribution in [1.82, 2.24) is 10.2 Å². The van der Waals surface area contributed by atoms with E-state index in [1.165, 1.54) is 51.9 Å². The van der Waals surface area contributed by atoms with Gasteiger partial charge in [-0.25, -0.2) is 0 Å². The Labute approximate surface area is 105 Å². The SMILES string of the molecule is CCN(CCNCC1CC2C=CC1C2)C1CC1. The summed E-state index contributed by atoms with van der Waals surface area (Å²) in [5.74, 6) is 2.75. The van der Waals surface area contributed by atoms with Crippen molar-refractivity contribution in [1.29, 1.82) is 0 Å². The van der Waals surface area contributed by atoms with Crippen LogP contribution in [0.15, 0.2) is 12.2 Å². The van der Waals surface area contributed by atoms with Gasteiger partial charge in [-0.3, -0.25) is 4.90 Å². The summed E-state index contributed by atoms with van der Waals surface area (Å²) in [6.07, 6.45) is 10.6. The van der Waals surface area contributed by atoms with Crippen molar-refractivity contribution in [3.05, 3.63) is 12.2 Å². The normalized spacial score (nSPS) is 35.1. The lowest BCUT2D eigenvalue weighted by atomic mass is 9.94. The zero-order valence-corrected chi connectivity index (χ0v) is 11.1. The van der Waals surface area contributed by atoms with Gasteiger partial charge in [-0.05, 0) is 56.5 Å². The van der Waals surface area contributed by atoms with Crippen LogP contribution >= 0.6 is 0 Å². The molecular weight excluding hydrogens is 208 g/mol. The van der Waals surface area contributed by atoms with E-state index in [-0.39, 0.29) is 0 Å². The molecule has 0 saturated heterocycles. The maximum Gasteiger partial charge on any atom is 0.0110 e. The molecule has 96 valence electrons. The Balaban J connectivity index is 1.31. The summed E-state index contributed by atoms with van der Waals surface area (Å²) >= 11 is 0. The molecule has 0 aromatic rings. The van der Waals surface area contributed by atoms with E-state index in [9.17, 15) is 0 Å². The molecule has 2 fully saturated rings. The van der Waals surface area contributed by atoms with Gasteiger partial charge in [0.25, 0.3) is 0 Å². The fourth-order valence-electron chi connectivity index (χ4n) is 3.68. The molecule has 0 amide bonds. The predicted molar refractivity (Wildman–Crippen MR) is 72.0 cm³/mol. The molecule has 3 aliphatic rings. The molecule has 2 heteroatoms. The predicted octanol–water partition coefficient (Wildman–Crippen LogP) is 2.27. The lowest BCUT2D eigenvalue weighted by molar-refractivity contribution is 0.272. The fraction of sp³-hybridized carbons (Fsp3) is 0.867. The van der Waals surface area contributed by atoms with Crippen LogP contribution in [0.1, 0.15) is 32.6 Å². The van der Waals surface area contributed by atoms with Gasteiger partial charge in [0.15, 0.2) is 0 Å². The van der Waals surface area contributed by atoms with Crippen molar-refractivity contribution in [2.75, 3.05) is 26.2 Å². The second-order valence-electron chi connectivity index (χ2n) is 6.10. The number of hydrogen-bond acceptors (Lipinski definition) is 2. The second kappa shape index (κ2) is 5.11. The molecule has 0 aromatic carbocycles. The molecule has 1 N–H and O–H groups in total. The molecule has 0 aromatic heterocycles. The first-order valence-electron chi connectivity index (χ1n) is 7.50. The van der Waals surface area contributed by atoms with Crippen LogP contribution in [0.4, 0.5) is 0 Å². The smallest absolute Gasteiger partial charge is 0.0110 e. The van der Waals surface area contributed by atoms with Gasteiger partial charge in [-0.1, -0.05) is 19.1 Å². The van der Waals surface area contributed by atoms with Crippen molar-refractivity contribution in [3.8, 4) is 0 Å². The molecule has 0 radical (unpaired) electrons. The Morgan fingerprint density at radius 2 is 2.12 bits per heavy atom. The van der Waals surface area contributed by atoms with Crippen LogP contribution in [-0.4, -0.2) is 37.1 Å². The molecule has 2 saturated carbocycles. The summed E-state index contributed by atoms with van der Waals surface area (Å²) < 4.78 is 0. The van der Waals surface area contributed by atoms with Crippen LogP contribution in [-0.2, 0) is 0 Å². The third kappa shape index (κ3) is 2.74. The van der Waals surface area contributed by atoms with E-state index in [4.69, 9.17) is 0 Å². The largest absolute Gasteiger partial charge is 0.315 e. The van der Waals surface area contributed by atoms with Gasteiger partial charge in [0.05, 0.1) is 0 Å². The number of nitrogens with one attached hydrogen (secondary N) is 1. The van der Waals surface area contributed by atoms with Crippen molar-refractivity contribution in [2.24, 2.45) is 17.8 Å². The van der Waals surface area contributed by atoms with Gasteiger partial charge < -0.3 is 5.32 Å². The number of rotatable bonds is 7. The monoisotopic (exact) mass is 234 g/mol. The van der Waals surface area contributed by atoms with Crippen molar-refractivity contribution < 1.29 is 0 Å². The van der Waals surface area contributed by atoms with Gasteiger partial charge in [-0.15, -0.1) is 0 Å². The van der Waals surface area contributed by atoms with E-state index in [1.54, 1.807) is 0 Å². The average molecular weight is 234 g/mol. The van der Waals surface area contributed by atoms with Gasteiger partial charge in [-0.2, -0.15) is 0 Å². The molecule has 0 aliphatic heterocycles. The van der Waals surface area contributed by atoms with E-state index < -0.39 is 0 Å². The number of allylic oxidation sites excluding steroid dienone is 2. The number of hydrogen-bond donors (Lipinski definition) is 1. The molecule has 17 heavy (non-hydrogen) atoms. The Morgan fingerprint density at radius 3 is 2.71 bits per heavy atom. The molecule has 2 bridgehead atoms. The quantitative estimate of drug-likeness (QED) is 0.537. The second-order valence-corrected chi connectivity index (χ2v) is 6.10. The fourth-order valence-corrected chi connectivity index (χ4v) is 3.68. The first kappa shape index (κ1) is 11.7. The molecule has 3 atom stereocenters. The summed E-state index contributed by atoms with van der Waals surface area (Å²) in [6.45, 7) is 7.19. The number of fused-ring (bicyclic) bond motifs is 2. The van der Waals surface area contributed by atoms with Crippen LogP contribution in [0.25, 0.3) is 0 Å². The van der Waals surface area contributed by atoms with Crippen LogP contribution in [0.5, 0.6) is 0 Å². The first-order valence-corrected chi connectivity index (χ1v) is 7.50. The zero-order chi connectivity index (χ0) is 11.7. The summed E-state index contributed by atoms with van der Waals surface area (Å²) in [6, 6.07) is 0.923. The summed E-state index contributed by atoms with van der Waals surface area (Å²) in [7, 11) is 0. The standard InChI is InChI=1S/C15H26N2/c1-2-17(15-5-6-15)8-7-16-11-14-10-12-3-4-13(14)9-12/h3-4,12-16H,2,5-11H2,1H3. The minimum atomic E-state index is 0.901. The average Bonchev–Trinajstić information content (AvgIpc) is 2.98. The molecule has 2 nitrogen and oxygen atoms in total. The van der Waals surface area contributed by atoms with Crippen LogP contribution in [0, 0.1) is 17.8 Å². The number of likely N-dealkylation sites (N-methyl/N-ethyl adjacent to an activating group) is 1. The topological polar surface area (TPSA) is 15.3 Å². The highest BCUT2D eigenvalue weighted by Crippen LogP contribution is 2.42. The molecule has 3 rings (SSSR count). The molecule has 3 unspecified atom stereocenters. The maximum atomic E-state index is 3.68.